The van der Waals surface area contributed by atoms with Crippen LogP contribution in [0.5, 0.6) is 0 Å². The van der Waals surface area contributed by atoms with Crippen LogP contribution in [0.1, 0.15) is 13.8 Å². The first kappa shape index (κ1) is 11.2. The van der Waals surface area contributed by atoms with Crippen molar-refractivity contribution >= 4 is 40.8 Å². The van der Waals surface area contributed by atoms with Crippen LogP contribution in [0.25, 0.3) is 0 Å². The summed E-state index contributed by atoms with van der Waals surface area (Å²) in [5.41, 5.74) is -0.505. The van der Waals surface area contributed by atoms with Gasteiger partial charge in [-0.3, -0.25) is 4.79 Å². The van der Waals surface area contributed by atoms with Crippen molar-refractivity contribution in [2.24, 2.45) is 11.3 Å². The van der Waals surface area contributed by atoms with Gasteiger partial charge in [0.1, 0.15) is 4.49 Å². The Kier molecular flexibility index (Phi) is 2.61. The van der Waals surface area contributed by atoms with Gasteiger partial charge in [-0.05, 0) is 6.08 Å². The maximum absolute atomic E-state index is 10.8. The smallest absolute Gasteiger partial charge is 0.325 e. The maximum Gasteiger partial charge on any atom is 0.325 e. The van der Waals surface area contributed by atoms with Gasteiger partial charge in [-0.1, -0.05) is 37.0 Å². The van der Waals surface area contributed by atoms with Crippen LogP contribution in [0.2, 0.25) is 0 Å². The number of aliphatic carboxylic acids is 1. The standard InChI is InChI=1S/C8H9Cl3O2/c1-7(2)4(3-5(9)10)8(7,11)6(12)13/h3-4H,1-2H3,(H,12,13)/t4?,8-/m0/s1. The Morgan fingerprint density at radius 1 is 1.46 bits per heavy atom. The van der Waals surface area contributed by atoms with E-state index in [4.69, 9.17) is 39.9 Å². The van der Waals surface area contributed by atoms with Crippen molar-refractivity contribution in [3.63, 3.8) is 0 Å². The molecule has 0 aromatic heterocycles. The van der Waals surface area contributed by atoms with Gasteiger partial charge < -0.3 is 5.11 Å². The molecule has 1 fully saturated rings. The predicted molar refractivity (Wildman–Crippen MR) is 53.3 cm³/mol. The highest BCUT2D eigenvalue weighted by atomic mass is 35.5. The number of hydrogen-bond acceptors (Lipinski definition) is 1. The lowest BCUT2D eigenvalue weighted by molar-refractivity contribution is -0.138. The number of alkyl halides is 1. The molecule has 0 aromatic carbocycles. The minimum Gasteiger partial charge on any atom is -0.480 e. The first-order valence-electron chi connectivity index (χ1n) is 3.69. The van der Waals surface area contributed by atoms with E-state index in [-0.39, 0.29) is 10.4 Å². The van der Waals surface area contributed by atoms with Gasteiger partial charge in [0.2, 0.25) is 0 Å². The highest BCUT2D eigenvalue weighted by molar-refractivity contribution is 6.56. The lowest BCUT2D eigenvalue weighted by Crippen LogP contribution is -2.21. The molecule has 0 heterocycles. The molecule has 0 saturated heterocycles. The maximum atomic E-state index is 10.8. The third kappa shape index (κ3) is 1.45. The van der Waals surface area contributed by atoms with Gasteiger partial charge in [-0.2, -0.15) is 0 Å². The van der Waals surface area contributed by atoms with E-state index < -0.39 is 16.3 Å². The van der Waals surface area contributed by atoms with Crippen LogP contribution in [0, 0.1) is 11.3 Å². The molecular weight excluding hydrogens is 234 g/mol. The topological polar surface area (TPSA) is 37.3 Å². The van der Waals surface area contributed by atoms with Crippen molar-refractivity contribution in [3.05, 3.63) is 10.6 Å². The van der Waals surface area contributed by atoms with Crippen molar-refractivity contribution in [1.29, 1.82) is 0 Å². The SMILES string of the molecule is CC1(C)C(C=C(Cl)Cl)[C@]1(Cl)C(=O)O. The Hall–Kier alpha value is 0.0800. The summed E-state index contributed by atoms with van der Waals surface area (Å²) in [7, 11) is 0. The Balaban J connectivity index is 2.95. The van der Waals surface area contributed by atoms with Gasteiger partial charge >= 0.3 is 5.97 Å². The summed E-state index contributed by atoms with van der Waals surface area (Å²) >= 11 is 16.8. The number of halogens is 3. The molecule has 1 aliphatic rings. The van der Waals surface area contributed by atoms with Crippen molar-refractivity contribution in [2.75, 3.05) is 0 Å². The number of carbonyl (C=O) groups is 1. The molecule has 0 aromatic rings. The molecule has 74 valence electrons. The summed E-state index contributed by atoms with van der Waals surface area (Å²) in [4.78, 5) is 9.58. The molecule has 5 heteroatoms. The quantitative estimate of drug-likeness (QED) is 0.757. The second-order valence-corrected chi connectivity index (χ2v) is 5.28. The second-order valence-electron chi connectivity index (χ2n) is 3.67. The van der Waals surface area contributed by atoms with Crippen LogP contribution >= 0.6 is 34.8 Å². The van der Waals surface area contributed by atoms with E-state index in [0.29, 0.717) is 0 Å². The van der Waals surface area contributed by atoms with Gasteiger partial charge in [0, 0.05) is 11.3 Å². The molecule has 1 rings (SSSR count). The molecule has 2 nitrogen and oxygen atoms in total. The van der Waals surface area contributed by atoms with Crippen molar-refractivity contribution < 1.29 is 9.90 Å². The number of carboxylic acids is 1. The summed E-state index contributed by atoms with van der Waals surface area (Å²) in [6.07, 6.45) is 1.48. The van der Waals surface area contributed by atoms with E-state index in [9.17, 15) is 4.79 Å². The first-order valence-corrected chi connectivity index (χ1v) is 4.83. The lowest BCUT2D eigenvalue weighted by Gasteiger charge is -2.03. The summed E-state index contributed by atoms with van der Waals surface area (Å²) in [6.45, 7) is 3.54. The zero-order chi connectivity index (χ0) is 10.4. The molecular formula is C8H9Cl3O2. The monoisotopic (exact) mass is 242 g/mol. The molecule has 1 aliphatic carbocycles. The van der Waals surface area contributed by atoms with E-state index >= 15 is 0 Å². The summed E-state index contributed by atoms with van der Waals surface area (Å²) in [6, 6.07) is 0. The van der Waals surface area contributed by atoms with E-state index in [1.165, 1.54) is 6.08 Å². The van der Waals surface area contributed by atoms with Crippen LogP contribution in [-0.4, -0.2) is 16.0 Å². The van der Waals surface area contributed by atoms with Crippen LogP contribution in [-0.2, 0) is 4.79 Å². The minimum absolute atomic E-state index is 0.0573. The number of allylic oxidation sites excluding steroid dienone is 1. The molecule has 0 amide bonds. The second kappa shape index (κ2) is 3.04. The van der Waals surface area contributed by atoms with Crippen molar-refractivity contribution in [3.8, 4) is 0 Å². The van der Waals surface area contributed by atoms with Crippen LogP contribution in [0.15, 0.2) is 10.6 Å². The van der Waals surface area contributed by atoms with Crippen LogP contribution in [0.4, 0.5) is 0 Å². The molecule has 0 aliphatic heterocycles. The summed E-state index contributed by atoms with van der Waals surface area (Å²) in [5.74, 6) is -1.35. The molecule has 1 N–H and O–H groups in total. The number of carboxylic acid groups (broad SMARTS) is 1. The van der Waals surface area contributed by atoms with Crippen LogP contribution < -0.4 is 0 Å². The molecule has 2 atom stereocenters. The first-order chi connectivity index (χ1) is 5.74. The van der Waals surface area contributed by atoms with E-state index in [2.05, 4.69) is 0 Å². The average Bonchev–Trinajstić information content (AvgIpc) is 2.35. The Morgan fingerprint density at radius 2 is 1.92 bits per heavy atom. The van der Waals surface area contributed by atoms with Gasteiger partial charge in [0.05, 0.1) is 0 Å². The summed E-state index contributed by atoms with van der Waals surface area (Å²) < 4.78 is 0.0573. The Morgan fingerprint density at radius 3 is 2.15 bits per heavy atom. The van der Waals surface area contributed by atoms with E-state index in [0.717, 1.165) is 0 Å². The molecule has 0 radical (unpaired) electrons. The van der Waals surface area contributed by atoms with Crippen molar-refractivity contribution in [2.45, 2.75) is 18.7 Å². The van der Waals surface area contributed by atoms with Crippen molar-refractivity contribution in [1.82, 2.24) is 0 Å². The third-order valence-corrected chi connectivity index (χ3v) is 3.80. The zero-order valence-electron chi connectivity index (χ0n) is 7.14. The fraction of sp³-hybridized carbons (Fsp3) is 0.625. The zero-order valence-corrected chi connectivity index (χ0v) is 9.41. The van der Waals surface area contributed by atoms with E-state index in [1.54, 1.807) is 13.8 Å². The molecule has 1 saturated carbocycles. The predicted octanol–water partition coefficient (Wildman–Crippen LogP) is 3.02. The largest absolute Gasteiger partial charge is 0.480 e. The van der Waals surface area contributed by atoms with Crippen LogP contribution in [0.3, 0.4) is 0 Å². The number of hydrogen-bond donors (Lipinski definition) is 1. The fourth-order valence-corrected chi connectivity index (χ4v) is 2.26. The van der Waals surface area contributed by atoms with E-state index in [1.807, 2.05) is 0 Å². The fourth-order valence-electron chi connectivity index (χ4n) is 1.61. The Bertz CT molecular complexity index is 281. The summed E-state index contributed by atoms with van der Waals surface area (Å²) in [5, 5.41) is 8.88. The highest BCUT2D eigenvalue weighted by Crippen LogP contribution is 2.67. The average molecular weight is 244 g/mol. The van der Waals surface area contributed by atoms with Gasteiger partial charge in [-0.25, -0.2) is 0 Å². The van der Waals surface area contributed by atoms with Gasteiger partial charge in [0.25, 0.3) is 0 Å². The molecule has 0 spiro atoms. The minimum atomic E-state index is -1.26. The highest BCUT2D eigenvalue weighted by Gasteiger charge is 2.74. The molecule has 0 bridgehead atoms. The lowest BCUT2D eigenvalue weighted by atomic mass is 10.1. The van der Waals surface area contributed by atoms with Gasteiger partial charge in [0.15, 0.2) is 4.87 Å². The van der Waals surface area contributed by atoms with Gasteiger partial charge in [-0.15, -0.1) is 11.6 Å². The molecule has 13 heavy (non-hydrogen) atoms. The Labute approximate surface area is 91.5 Å². The number of rotatable bonds is 2. The normalized spacial score (nSPS) is 35.3. The third-order valence-electron chi connectivity index (χ3n) is 2.66. The molecule has 1 unspecified atom stereocenters.